The average Bonchev–Trinajstić information content (AvgIpc) is 3.18. The number of para-hydroxylation sites is 2. The third-order valence-corrected chi connectivity index (χ3v) is 6.08. The van der Waals surface area contributed by atoms with Crippen LogP contribution in [0.1, 0.15) is 35.4 Å². The predicted octanol–water partition coefficient (Wildman–Crippen LogP) is 5.14. The molecule has 2 aromatic carbocycles. The topological polar surface area (TPSA) is 67.2 Å². The predicted molar refractivity (Wildman–Crippen MR) is 141 cm³/mol. The zero-order valence-corrected chi connectivity index (χ0v) is 21.0. The summed E-state index contributed by atoms with van der Waals surface area (Å²) in [5.41, 5.74) is 2.51. The van der Waals surface area contributed by atoms with Gasteiger partial charge < -0.3 is 14.8 Å². The Bertz CT molecular complexity index is 1130. The van der Waals surface area contributed by atoms with Crippen molar-refractivity contribution in [1.82, 2.24) is 19.8 Å². The van der Waals surface area contributed by atoms with E-state index in [0.717, 1.165) is 47.0 Å². The van der Waals surface area contributed by atoms with E-state index < -0.39 is 0 Å². The molecule has 1 N–H and O–H groups in total. The van der Waals surface area contributed by atoms with Crippen LogP contribution in [0.3, 0.4) is 0 Å². The Labute approximate surface area is 209 Å². The average molecular weight is 523 g/mol. The van der Waals surface area contributed by atoms with E-state index in [1.165, 1.54) is 0 Å². The molecule has 0 fully saturated rings. The smallest absolute Gasteiger partial charge is 0.251 e. The largest absolute Gasteiger partial charge is 0.352 e. The van der Waals surface area contributed by atoms with E-state index in [1.54, 1.807) is 29.2 Å². The van der Waals surface area contributed by atoms with Crippen LogP contribution in [0.4, 0.5) is 0 Å². The molecule has 6 nitrogen and oxygen atoms in total. The number of amides is 2. The molecule has 0 spiro atoms. The van der Waals surface area contributed by atoms with E-state index in [9.17, 15) is 9.59 Å². The number of carbonyl (C=O) groups is 2. The lowest BCUT2D eigenvalue weighted by Gasteiger charge is -2.20. The van der Waals surface area contributed by atoms with Gasteiger partial charge in [0.2, 0.25) is 5.91 Å². The summed E-state index contributed by atoms with van der Waals surface area (Å²) in [4.78, 5) is 31.7. The van der Waals surface area contributed by atoms with E-state index in [-0.39, 0.29) is 18.4 Å². The first-order valence-corrected chi connectivity index (χ1v) is 12.3. The molecule has 0 aliphatic carbocycles. The van der Waals surface area contributed by atoms with Gasteiger partial charge in [0.25, 0.3) is 5.91 Å². The van der Waals surface area contributed by atoms with Gasteiger partial charge in [0.1, 0.15) is 12.4 Å². The zero-order chi connectivity index (χ0) is 24.3. The lowest BCUT2D eigenvalue weighted by atomic mass is 10.1. The lowest BCUT2D eigenvalue weighted by molar-refractivity contribution is -0.130. The van der Waals surface area contributed by atoms with Crippen molar-refractivity contribution in [1.29, 1.82) is 0 Å². The Kier molecular flexibility index (Phi) is 9.64. The van der Waals surface area contributed by atoms with Crippen LogP contribution in [0.2, 0.25) is 0 Å². The first-order chi connectivity index (χ1) is 16.5. The second-order valence-corrected chi connectivity index (χ2v) is 8.97. The van der Waals surface area contributed by atoms with Gasteiger partial charge in [0, 0.05) is 36.1 Å². The molecule has 0 atom stereocenters. The summed E-state index contributed by atoms with van der Waals surface area (Å²) in [7, 11) is 0. The molecule has 0 bridgehead atoms. The molecule has 0 aliphatic heterocycles. The van der Waals surface area contributed by atoms with Gasteiger partial charge in [-0.05, 0) is 49.2 Å². The highest BCUT2D eigenvalue weighted by atomic mass is 79.9. The molecular formula is C27H31BrN4O2. The lowest BCUT2D eigenvalue weighted by Crippen LogP contribution is -2.34. The van der Waals surface area contributed by atoms with Crippen LogP contribution >= 0.6 is 15.9 Å². The molecule has 0 aliphatic rings. The number of hydrogen-bond acceptors (Lipinski definition) is 3. The Morgan fingerprint density at radius 2 is 1.71 bits per heavy atom. The molecule has 3 rings (SSSR count). The quantitative estimate of drug-likeness (QED) is 0.249. The molecule has 1 heterocycles. The number of aromatic nitrogens is 2. The van der Waals surface area contributed by atoms with Crippen LogP contribution in [0.15, 0.2) is 78.3 Å². The highest BCUT2D eigenvalue weighted by molar-refractivity contribution is 9.10. The van der Waals surface area contributed by atoms with Gasteiger partial charge in [-0.15, -0.1) is 13.2 Å². The minimum absolute atomic E-state index is 0.0138. The fourth-order valence-corrected chi connectivity index (χ4v) is 4.07. The number of benzene rings is 2. The van der Waals surface area contributed by atoms with Crippen molar-refractivity contribution in [3.05, 3.63) is 89.7 Å². The van der Waals surface area contributed by atoms with Crippen molar-refractivity contribution < 1.29 is 9.59 Å². The summed E-state index contributed by atoms with van der Waals surface area (Å²) in [5.74, 6) is 0.863. The number of imidazole rings is 1. The van der Waals surface area contributed by atoms with Crippen LogP contribution in [-0.2, 0) is 17.8 Å². The fourth-order valence-electron chi connectivity index (χ4n) is 3.81. The van der Waals surface area contributed by atoms with Crippen LogP contribution in [0.5, 0.6) is 0 Å². The van der Waals surface area contributed by atoms with E-state index in [2.05, 4.69) is 34.4 Å². The molecule has 7 heteroatoms. The summed E-state index contributed by atoms with van der Waals surface area (Å²) in [6, 6.07) is 15.2. The van der Waals surface area contributed by atoms with Gasteiger partial charge in [-0.2, -0.15) is 0 Å². The Balaban J connectivity index is 1.55. The third-order valence-electron chi connectivity index (χ3n) is 5.55. The second-order valence-electron chi connectivity index (χ2n) is 8.05. The highest BCUT2D eigenvalue weighted by Crippen LogP contribution is 2.18. The first-order valence-electron chi connectivity index (χ1n) is 11.5. The van der Waals surface area contributed by atoms with Crippen LogP contribution in [0.25, 0.3) is 11.0 Å². The molecule has 2 amide bonds. The van der Waals surface area contributed by atoms with Crippen LogP contribution in [0, 0.1) is 0 Å². The molecule has 1 aromatic heterocycles. The van der Waals surface area contributed by atoms with Gasteiger partial charge >= 0.3 is 0 Å². The van der Waals surface area contributed by atoms with Gasteiger partial charge in [-0.3, -0.25) is 9.59 Å². The van der Waals surface area contributed by atoms with Crippen molar-refractivity contribution in [3.8, 4) is 0 Å². The van der Waals surface area contributed by atoms with Crippen molar-refractivity contribution in [2.24, 2.45) is 0 Å². The third kappa shape index (κ3) is 6.90. The second kappa shape index (κ2) is 12.9. The summed E-state index contributed by atoms with van der Waals surface area (Å²) in [6.45, 7) is 9.33. The molecule has 3 aromatic rings. The molecule has 0 saturated carbocycles. The number of fused-ring (bicyclic) bond motifs is 1. The van der Waals surface area contributed by atoms with E-state index in [0.29, 0.717) is 25.2 Å². The van der Waals surface area contributed by atoms with Gasteiger partial charge in [-0.1, -0.05) is 46.6 Å². The standard InChI is InChI=1S/C27H31BrN4O2/c1-3-18-31(19-4-2)26(33)20-32-24-11-8-7-10-23(24)30-25(32)12-6-5-9-17-29-27(34)21-13-15-22(28)16-14-21/h3-4,7-8,10-11,13-16H,1-2,5-6,9,12,17-20H2,(H,29,34). The Hall–Kier alpha value is -3.19. The molecule has 0 unspecified atom stereocenters. The van der Waals surface area contributed by atoms with Gasteiger partial charge in [0.15, 0.2) is 0 Å². The van der Waals surface area contributed by atoms with Crippen LogP contribution < -0.4 is 5.32 Å². The molecule has 0 radical (unpaired) electrons. The number of nitrogens with one attached hydrogen (secondary N) is 1. The molecular weight excluding hydrogens is 492 g/mol. The number of carbonyl (C=O) groups excluding carboxylic acids is 2. The van der Waals surface area contributed by atoms with E-state index in [1.807, 2.05) is 41.0 Å². The maximum Gasteiger partial charge on any atom is 0.251 e. The van der Waals surface area contributed by atoms with Crippen molar-refractivity contribution in [2.45, 2.75) is 32.2 Å². The van der Waals surface area contributed by atoms with E-state index in [4.69, 9.17) is 4.98 Å². The number of nitrogens with zero attached hydrogens (tertiary/aromatic N) is 3. The first kappa shape index (κ1) is 25.4. The zero-order valence-electron chi connectivity index (χ0n) is 19.4. The van der Waals surface area contributed by atoms with Crippen LogP contribution in [-0.4, -0.2) is 45.9 Å². The molecule has 0 saturated heterocycles. The number of halogens is 1. The highest BCUT2D eigenvalue weighted by Gasteiger charge is 2.17. The number of hydrogen-bond donors (Lipinski definition) is 1. The molecule has 178 valence electrons. The van der Waals surface area contributed by atoms with Crippen molar-refractivity contribution in [2.75, 3.05) is 19.6 Å². The number of rotatable bonds is 13. The van der Waals surface area contributed by atoms with Gasteiger partial charge in [0.05, 0.1) is 11.0 Å². The van der Waals surface area contributed by atoms with Gasteiger partial charge in [-0.25, -0.2) is 4.98 Å². The number of aryl methyl sites for hydroxylation is 1. The van der Waals surface area contributed by atoms with E-state index >= 15 is 0 Å². The molecule has 34 heavy (non-hydrogen) atoms. The minimum Gasteiger partial charge on any atom is -0.352 e. The SMILES string of the molecule is C=CCN(CC=C)C(=O)Cn1c(CCCCCNC(=O)c2ccc(Br)cc2)nc2ccccc21. The summed E-state index contributed by atoms with van der Waals surface area (Å²) in [6.07, 6.45) is 6.98. The summed E-state index contributed by atoms with van der Waals surface area (Å²) < 4.78 is 2.97. The normalized spacial score (nSPS) is 10.7. The fraction of sp³-hybridized carbons (Fsp3) is 0.296. The monoisotopic (exact) mass is 522 g/mol. The Morgan fingerprint density at radius 3 is 2.41 bits per heavy atom. The number of unbranched alkanes of at least 4 members (excludes halogenated alkanes) is 2. The maximum atomic E-state index is 12.9. The maximum absolute atomic E-state index is 12.9. The minimum atomic E-state index is -0.0589. The summed E-state index contributed by atoms with van der Waals surface area (Å²) >= 11 is 3.38. The van der Waals surface area contributed by atoms with Crippen molar-refractivity contribution >= 4 is 38.8 Å². The Morgan fingerprint density at radius 1 is 1.00 bits per heavy atom. The summed E-state index contributed by atoms with van der Waals surface area (Å²) in [5, 5.41) is 2.97. The van der Waals surface area contributed by atoms with Crippen molar-refractivity contribution in [3.63, 3.8) is 0 Å².